The van der Waals surface area contributed by atoms with E-state index in [9.17, 15) is 0 Å². The van der Waals surface area contributed by atoms with Crippen LogP contribution in [0.5, 0.6) is 0 Å². The average molecular weight is 312 g/mol. The molecular weight excluding hydrogens is 292 g/mol. The van der Waals surface area contributed by atoms with Crippen molar-refractivity contribution in [1.82, 2.24) is 9.78 Å². The normalized spacial score (nSPS) is 17.2. The molecule has 1 aromatic heterocycles. The van der Waals surface area contributed by atoms with E-state index >= 15 is 0 Å². The van der Waals surface area contributed by atoms with E-state index in [0.29, 0.717) is 11.7 Å². The van der Waals surface area contributed by atoms with Crippen LogP contribution in [0.3, 0.4) is 0 Å². The summed E-state index contributed by atoms with van der Waals surface area (Å²) in [6.07, 6.45) is 7.68. The lowest BCUT2D eigenvalue weighted by molar-refractivity contribution is 0.561. The predicted octanol–water partition coefficient (Wildman–Crippen LogP) is 4.32. The van der Waals surface area contributed by atoms with Gasteiger partial charge in [-0.05, 0) is 12.8 Å². The van der Waals surface area contributed by atoms with Gasteiger partial charge in [0.15, 0.2) is 5.69 Å². The highest BCUT2D eigenvalue weighted by molar-refractivity contribution is 7.12. The maximum atomic E-state index is 7.01. The Kier molecular flexibility index (Phi) is 4.69. The topological polar surface area (TPSA) is 34.5 Å². The minimum atomic E-state index is 0.450. The van der Waals surface area contributed by atoms with Crippen molar-refractivity contribution in [1.29, 1.82) is 0 Å². The van der Waals surface area contributed by atoms with E-state index in [-0.39, 0.29) is 0 Å². The lowest BCUT2D eigenvalue weighted by atomic mass is 10.1. The highest BCUT2D eigenvalue weighted by Crippen LogP contribution is 2.23. The van der Waals surface area contributed by atoms with Crippen molar-refractivity contribution in [2.45, 2.75) is 44.6 Å². The van der Waals surface area contributed by atoms with E-state index in [1.165, 1.54) is 38.5 Å². The number of rotatable bonds is 2. The Morgan fingerprint density at radius 1 is 1.18 bits per heavy atom. The van der Waals surface area contributed by atoms with Crippen LogP contribution >= 0.6 is 11.3 Å². The molecule has 0 saturated heterocycles. The van der Waals surface area contributed by atoms with Crippen LogP contribution in [0.1, 0.15) is 38.5 Å². The van der Waals surface area contributed by atoms with Gasteiger partial charge < -0.3 is 0 Å². The van der Waals surface area contributed by atoms with Gasteiger partial charge in [0.05, 0.1) is 12.6 Å². The molecule has 1 aliphatic carbocycles. The van der Waals surface area contributed by atoms with Crippen LogP contribution in [0.25, 0.3) is 15.4 Å². The summed E-state index contributed by atoms with van der Waals surface area (Å²) in [4.78, 5) is 9.35. The highest BCUT2D eigenvalue weighted by atomic mass is 32.1. The van der Waals surface area contributed by atoms with E-state index < -0.39 is 0 Å². The second-order valence-electron chi connectivity index (χ2n) is 5.75. The van der Waals surface area contributed by atoms with E-state index in [1.807, 2.05) is 36.0 Å². The van der Waals surface area contributed by atoms with E-state index in [0.717, 1.165) is 15.4 Å². The molecule has 0 atom stereocenters. The van der Waals surface area contributed by atoms with Crippen LogP contribution < -0.4 is 4.80 Å². The lowest BCUT2D eigenvalue weighted by Gasteiger charge is -2.06. The Balaban J connectivity index is 1.87. The number of hydrogen-bond acceptors (Lipinski definition) is 3. The molecule has 4 nitrogen and oxygen atoms in total. The van der Waals surface area contributed by atoms with Crippen LogP contribution in [0.2, 0.25) is 0 Å². The molecule has 2 aromatic rings. The molecule has 0 spiro atoms. The zero-order valence-electron chi connectivity index (χ0n) is 12.8. The van der Waals surface area contributed by atoms with Crippen molar-refractivity contribution in [3.63, 3.8) is 0 Å². The summed E-state index contributed by atoms with van der Waals surface area (Å²) in [6.45, 7) is 7.01. The quantitative estimate of drug-likeness (QED) is 0.600. The number of aromatic nitrogens is 2. The molecule has 114 valence electrons. The maximum Gasteiger partial charge on any atom is 0.203 e. The minimum absolute atomic E-state index is 0.450. The molecule has 0 N–H and O–H groups in total. The van der Waals surface area contributed by atoms with Gasteiger partial charge in [0.2, 0.25) is 4.80 Å². The molecule has 1 heterocycles. The first-order valence-electron chi connectivity index (χ1n) is 7.82. The summed E-state index contributed by atoms with van der Waals surface area (Å²) in [5.74, 6) is 0. The van der Waals surface area contributed by atoms with Gasteiger partial charge >= 0.3 is 0 Å². The van der Waals surface area contributed by atoms with Crippen molar-refractivity contribution in [3.8, 4) is 10.6 Å². The molecule has 1 aromatic carbocycles. The first-order valence-corrected chi connectivity index (χ1v) is 8.64. The third kappa shape index (κ3) is 3.45. The fourth-order valence-corrected chi connectivity index (χ4v) is 3.77. The zero-order chi connectivity index (χ0) is 15.4. The molecule has 22 heavy (non-hydrogen) atoms. The fraction of sp³-hybridized carbons (Fsp3) is 0.471. The summed E-state index contributed by atoms with van der Waals surface area (Å²) in [5, 5.41) is 5.55. The number of aryl methyl sites for hydroxylation is 1. The monoisotopic (exact) mass is 312 g/mol. The van der Waals surface area contributed by atoms with E-state index in [2.05, 4.69) is 9.94 Å². The Morgan fingerprint density at radius 3 is 2.50 bits per heavy atom. The third-order valence-corrected chi connectivity index (χ3v) is 5.13. The molecule has 1 aliphatic rings. The number of benzene rings is 1. The Labute approximate surface area is 135 Å². The SMILES string of the molecule is [C-]#[N+]c1ccc(-c2nn(C)c(=NC3CCCCCC3)s2)cc1. The molecular formula is C17H20N4S. The molecule has 0 radical (unpaired) electrons. The predicted molar refractivity (Wildman–Crippen MR) is 89.8 cm³/mol. The zero-order valence-corrected chi connectivity index (χ0v) is 13.6. The molecule has 5 heteroatoms. The highest BCUT2D eigenvalue weighted by Gasteiger charge is 2.12. The molecule has 0 aliphatic heterocycles. The molecule has 3 rings (SSSR count). The molecule has 0 unspecified atom stereocenters. The van der Waals surface area contributed by atoms with Gasteiger partial charge in [-0.2, -0.15) is 5.10 Å². The van der Waals surface area contributed by atoms with Crippen LogP contribution in [-0.4, -0.2) is 15.8 Å². The van der Waals surface area contributed by atoms with Crippen molar-refractivity contribution < 1.29 is 0 Å². The van der Waals surface area contributed by atoms with Crippen molar-refractivity contribution >= 4 is 17.0 Å². The average Bonchev–Trinajstić information content (AvgIpc) is 2.75. The number of nitrogens with zero attached hydrogens (tertiary/aromatic N) is 4. The van der Waals surface area contributed by atoms with Gasteiger partial charge in [-0.1, -0.05) is 61.3 Å². The van der Waals surface area contributed by atoms with Crippen molar-refractivity contribution in [3.05, 3.63) is 40.5 Å². The Morgan fingerprint density at radius 2 is 1.86 bits per heavy atom. The Bertz CT molecular complexity index is 725. The van der Waals surface area contributed by atoms with Crippen molar-refractivity contribution in [2.24, 2.45) is 12.0 Å². The van der Waals surface area contributed by atoms with Crippen molar-refractivity contribution in [2.75, 3.05) is 0 Å². The summed E-state index contributed by atoms with van der Waals surface area (Å²) < 4.78 is 1.88. The lowest BCUT2D eigenvalue weighted by Crippen LogP contribution is -2.16. The first-order chi connectivity index (χ1) is 10.8. The van der Waals surface area contributed by atoms with E-state index in [1.54, 1.807) is 11.3 Å². The fourth-order valence-electron chi connectivity index (χ4n) is 2.80. The van der Waals surface area contributed by atoms with Crippen LogP contribution in [-0.2, 0) is 7.05 Å². The van der Waals surface area contributed by atoms with Gasteiger partial charge in [0, 0.05) is 12.6 Å². The van der Waals surface area contributed by atoms with Crippen LogP contribution in [0, 0.1) is 6.57 Å². The summed E-state index contributed by atoms with van der Waals surface area (Å²) in [7, 11) is 1.96. The largest absolute Gasteiger partial charge is 0.254 e. The summed E-state index contributed by atoms with van der Waals surface area (Å²) in [6, 6.07) is 8.05. The minimum Gasteiger partial charge on any atom is -0.254 e. The van der Waals surface area contributed by atoms with Crippen LogP contribution in [0.4, 0.5) is 5.69 Å². The van der Waals surface area contributed by atoms with Gasteiger partial charge in [0.1, 0.15) is 5.01 Å². The summed E-state index contributed by atoms with van der Waals surface area (Å²) in [5.41, 5.74) is 1.71. The van der Waals surface area contributed by atoms with Gasteiger partial charge in [0.25, 0.3) is 0 Å². The third-order valence-electron chi connectivity index (χ3n) is 4.07. The second-order valence-corrected chi connectivity index (χ2v) is 6.70. The maximum absolute atomic E-state index is 7.01. The number of hydrogen-bond donors (Lipinski definition) is 0. The smallest absolute Gasteiger partial charge is 0.203 e. The molecule has 0 amide bonds. The molecule has 1 fully saturated rings. The standard InChI is InChI=1S/C17H20N4S/c1-18-14-11-9-13(10-12-14)16-20-21(2)17(22-16)19-15-7-5-3-4-6-8-15/h9-12,15H,3-8H2,2H3. The first kappa shape index (κ1) is 15.0. The Hall–Kier alpha value is -1.93. The van der Waals surface area contributed by atoms with Crippen LogP contribution in [0.15, 0.2) is 29.3 Å². The molecule has 1 saturated carbocycles. The van der Waals surface area contributed by atoms with Gasteiger partial charge in [-0.25, -0.2) is 9.53 Å². The van der Waals surface area contributed by atoms with Gasteiger partial charge in [-0.15, -0.1) is 0 Å². The van der Waals surface area contributed by atoms with E-state index in [4.69, 9.17) is 11.6 Å². The molecule has 0 bridgehead atoms. The second kappa shape index (κ2) is 6.89. The van der Waals surface area contributed by atoms with Gasteiger partial charge in [-0.3, -0.25) is 4.99 Å². The summed E-state index contributed by atoms with van der Waals surface area (Å²) >= 11 is 1.63.